The number of nitrogens with two attached hydrogens (primary N) is 3. The average Bonchev–Trinajstić information content (AvgIpc) is 3.67. The molecule has 0 aromatic carbocycles. The fourth-order valence-corrected chi connectivity index (χ4v) is 5.02. The molecule has 9 N–H and O–H groups in total. The molecule has 9 atom stereocenters. The molecule has 0 bridgehead atoms. The summed E-state index contributed by atoms with van der Waals surface area (Å²) in [6.45, 7) is 8.77. The van der Waals surface area contributed by atoms with Gasteiger partial charge < -0.3 is 51.5 Å². The van der Waals surface area contributed by atoms with Gasteiger partial charge in [-0.1, -0.05) is 6.08 Å². The SMILES string of the molecule is C=CC1(O)C(C)OC(n2ccc(N)nc2=O)C1O.CC1OC(n2ccc(N)nc2=O)/C(=C/F)C1O.CC1OCC(n2ccc(N)nc2=O)O1. The Hall–Kier alpha value is -4.83. The Balaban J connectivity index is 0.000000167. The highest BCUT2D eigenvalue weighted by Gasteiger charge is 2.52. The summed E-state index contributed by atoms with van der Waals surface area (Å²) in [6.07, 6.45) is -0.641. The molecule has 3 aliphatic rings. The number of anilines is 3. The molecule has 9 unspecified atom stereocenters. The first-order valence-corrected chi connectivity index (χ1v) is 14.8. The van der Waals surface area contributed by atoms with Crippen LogP contribution in [0.4, 0.5) is 21.8 Å². The van der Waals surface area contributed by atoms with E-state index in [1.165, 1.54) is 35.2 Å². The second kappa shape index (κ2) is 15.2. The molecule has 3 aromatic rings. The highest BCUT2D eigenvalue weighted by atomic mass is 19.1. The summed E-state index contributed by atoms with van der Waals surface area (Å²) in [5.74, 6) is 0.359. The normalized spacial score (nSPS) is 31.4. The van der Waals surface area contributed by atoms with Crippen LogP contribution in [0.1, 0.15) is 39.5 Å². The van der Waals surface area contributed by atoms with Gasteiger partial charge in [0.05, 0.1) is 25.1 Å². The monoisotopic (exact) mass is 691 g/mol. The standard InChI is InChI=1S/C11H15N3O4.C10H12FN3O3.C8H11N3O3/c1-3-11(17)6(2)18-9(8(11)15)14-5-4-7(12)13-10(14)16;1-5-8(15)6(4-11)9(17-5)14-3-2-7(12)13-10(14)16;1-5-13-4-7(14-5)11-3-2-6(9)10-8(11)12/h3-6,8-9,15,17H,1H2,2H3,(H2,12,13,16);2-5,8-9,15H,1H3,(H2,12,13,16);2-3,5,7H,4H2,1H3,(H2,9,10,12)/b;6-4+;. The van der Waals surface area contributed by atoms with Crippen molar-refractivity contribution in [3.05, 3.63) is 92.8 Å². The molecule has 0 aliphatic carbocycles. The minimum Gasteiger partial charge on any atom is -0.386 e. The van der Waals surface area contributed by atoms with Gasteiger partial charge in [-0.2, -0.15) is 15.0 Å². The van der Waals surface area contributed by atoms with Gasteiger partial charge in [0.2, 0.25) is 0 Å². The number of hydrogen-bond acceptors (Lipinski definition) is 16. The van der Waals surface area contributed by atoms with Gasteiger partial charge in [0, 0.05) is 24.2 Å². The van der Waals surface area contributed by atoms with Crippen LogP contribution in [0, 0.1) is 0 Å². The van der Waals surface area contributed by atoms with E-state index in [0.29, 0.717) is 6.61 Å². The lowest BCUT2D eigenvalue weighted by molar-refractivity contribution is -0.0579. The molecule has 0 radical (unpaired) electrons. The van der Waals surface area contributed by atoms with E-state index in [1.54, 1.807) is 33.0 Å². The summed E-state index contributed by atoms with van der Waals surface area (Å²) in [7, 11) is 0. The Morgan fingerprint density at radius 2 is 1.39 bits per heavy atom. The Morgan fingerprint density at radius 1 is 0.878 bits per heavy atom. The molecular formula is C29H38FN9O10. The predicted octanol–water partition coefficient (Wildman–Crippen LogP) is -1.31. The number of aliphatic hydroxyl groups excluding tert-OH is 2. The molecule has 20 heteroatoms. The molecular weight excluding hydrogens is 653 g/mol. The van der Waals surface area contributed by atoms with Crippen molar-refractivity contribution in [1.29, 1.82) is 0 Å². The van der Waals surface area contributed by atoms with E-state index >= 15 is 0 Å². The molecule has 3 aliphatic heterocycles. The molecule has 0 spiro atoms. The van der Waals surface area contributed by atoms with Crippen molar-refractivity contribution in [3.63, 3.8) is 0 Å². The molecule has 6 rings (SSSR count). The zero-order valence-electron chi connectivity index (χ0n) is 26.6. The topological polar surface area (TPSA) is 280 Å². The van der Waals surface area contributed by atoms with Crippen molar-refractivity contribution < 1.29 is 38.7 Å². The van der Waals surface area contributed by atoms with Gasteiger partial charge in [0.1, 0.15) is 35.3 Å². The van der Waals surface area contributed by atoms with Crippen LogP contribution in [0.15, 0.2) is 75.7 Å². The van der Waals surface area contributed by atoms with Crippen molar-refractivity contribution in [3.8, 4) is 0 Å². The number of ether oxygens (including phenoxy) is 4. The third-order valence-corrected chi connectivity index (χ3v) is 7.82. The van der Waals surface area contributed by atoms with Gasteiger partial charge in [-0.15, -0.1) is 6.58 Å². The van der Waals surface area contributed by atoms with E-state index in [-0.39, 0.29) is 35.6 Å². The number of aliphatic hydroxyl groups is 3. The number of rotatable bonds is 4. The van der Waals surface area contributed by atoms with Crippen LogP contribution in [0.2, 0.25) is 0 Å². The molecule has 0 amide bonds. The van der Waals surface area contributed by atoms with Crippen LogP contribution in [-0.2, 0) is 18.9 Å². The van der Waals surface area contributed by atoms with Crippen molar-refractivity contribution in [2.45, 2.75) is 75.8 Å². The first kappa shape index (κ1) is 37.0. The van der Waals surface area contributed by atoms with E-state index in [0.717, 1.165) is 9.13 Å². The molecule has 0 saturated carbocycles. The smallest absolute Gasteiger partial charge is 0.351 e. The van der Waals surface area contributed by atoms with Gasteiger partial charge in [0.15, 0.2) is 25.0 Å². The minimum absolute atomic E-state index is 0.00817. The van der Waals surface area contributed by atoms with E-state index in [1.807, 2.05) is 0 Å². The van der Waals surface area contributed by atoms with Crippen LogP contribution < -0.4 is 34.3 Å². The van der Waals surface area contributed by atoms with Gasteiger partial charge in [-0.25, -0.2) is 18.8 Å². The summed E-state index contributed by atoms with van der Waals surface area (Å²) in [5, 5.41) is 29.9. The summed E-state index contributed by atoms with van der Waals surface area (Å²) >= 11 is 0. The Kier molecular flexibility index (Phi) is 11.4. The first-order valence-electron chi connectivity index (χ1n) is 14.8. The van der Waals surface area contributed by atoms with Crippen molar-refractivity contribution in [1.82, 2.24) is 28.7 Å². The highest BCUT2D eigenvalue weighted by molar-refractivity contribution is 5.26. The van der Waals surface area contributed by atoms with Crippen molar-refractivity contribution >= 4 is 17.5 Å². The zero-order chi connectivity index (χ0) is 36.2. The fourth-order valence-electron chi connectivity index (χ4n) is 5.02. The molecule has 266 valence electrons. The van der Waals surface area contributed by atoms with Crippen LogP contribution >= 0.6 is 0 Å². The molecule has 19 nitrogen and oxygen atoms in total. The summed E-state index contributed by atoms with van der Waals surface area (Å²) in [6, 6.07) is 4.36. The van der Waals surface area contributed by atoms with E-state index in [9.17, 15) is 34.1 Å². The van der Waals surface area contributed by atoms with Gasteiger partial charge >= 0.3 is 17.1 Å². The van der Waals surface area contributed by atoms with Crippen LogP contribution in [0.5, 0.6) is 0 Å². The second-order valence-electron chi connectivity index (χ2n) is 11.1. The maximum Gasteiger partial charge on any atom is 0.351 e. The Labute approximate surface area is 277 Å². The Morgan fingerprint density at radius 3 is 1.82 bits per heavy atom. The lowest BCUT2D eigenvalue weighted by atomic mass is 9.93. The summed E-state index contributed by atoms with van der Waals surface area (Å²) in [4.78, 5) is 45.2. The number of halogens is 1. The largest absolute Gasteiger partial charge is 0.386 e. The van der Waals surface area contributed by atoms with E-state index in [4.69, 9.17) is 36.1 Å². The minimum atomic E-state index is -1.61. The predicted molar refractivity (Wildman–Crippen MR) is 170 cm³/mol. The van der Waals surface area contributed by atoms with Gasteiger partial charge in [-0.05, 0) is 39.0 Å². The van der Waals surface area contributed by atoms with Crippen LogP contribution in [0.25, 0.3) is 0 Å². The lowest BCUT2D eigenvalue weighted by Crippen LogP contribution is -2.45. The van der Waals surface area contributed by atoms with Crippen LogP contribution in [-0.4, -0.2) is 86.9 Å². The third-order valence-electron chi connectivity index (χ3n) is 7.82. The first-order chi connectivity index (χ1) is 23.1. The van der Waals surface area contributed by atoms with Crippen LogP contribution in [0.3, 0.4) is 0 Å². The zero-order valence-corrected chi connectivity index (χ0v) is 26.6. The maximum atomic E-state index is 12.7. The number of aromatic nitrogens is 6. The number of nitrogen functional groups attached to an aromatic ring is 3. The third kappa shape index (κ3) is 7.91. The Bertz CT molecular complexity index is 1850. The summed E-state index contributed by atoms with van der Waals surface area (Å²) < 4.78 is 37.4. The molecule has 3 aromatic heterocycles. The lowest BCUT2D eigenvalue weighted by Gasteiger charge is -2.25. The van der Waals surface area contributed by atoms with E-state index < -0.39 is 65.8 Å². The van der Waals surface area contributed by atoms with Gasteiger partial charge in [-0.3, -0.25) is 13.7 Å². The average molecular weight is 692 g/mol. The molecule has 3 saturated heterocycles. The van der Waals surface area contributed by atoms with Crippen molar-refractivity contribution in [2.24, 2.45) is 0 Å². The second-order valence-corrected chi connectivity index (χ2v) is 11.1. The maximum absolute atomic E-state index is 12.7. The fraction of sp³-hybridized carbons (Fsp3) is 0.448. The van der Waals surface area contributed by atoms with E-state index in [2.05, 4.69) is 21.5 Å². The van der Waals surface area contributed by atoms with Gasteiger partial charge in [0.25, 0.3) is 0 Å². The number of hydrogen-bond donors (Lipinski definition) is 6. The molecule has 6 heterocycles. The molecule has 3 fully saturated rings. The molecule has 49 heavy (non-hydrogen) atoms. The quantitative estimate of drug-likeness (QED) is 0.173. The van der Waals surface area contributed by atoms with Crippen molar-refractivity contribution in [2.75, 3.05) is 23.8 Å². The summed E-state index contributed by atoms with van der Waals surface area (Å²) in [5.41, 5.74) is 12.7. The highest BCUT2D eigenvalue weighted by Crippen LogP contribution is 2.37. The number of nitrogens with zero attached hydrogens (tertiary/aromatic N) is 6.